The third-order valence-electron chi connectivity index (χ3n) is 4.68. The van der Waals surface area contributed by atoms with Crippen LogP contribution >= 0.6 is 0 Å². The van der Waals surface area contributed by atoms with E-state index >= 15 is 0 Å². The molecule has 0 aliphatic rings. The summed E-state index contributed by atoms with van der Waals surface area (Å²) in [5.41, 5.74) is -3.10. The summed E-state index contributed by atoms with van der Waals surface area (Å²) in [5, 5.41) is 48.6. The summed E-state index contributed by atoms with van der Waals surface area (Å²) < 4.78 is 0. The molecule has 2 N–H and O–H groups in total. The molecule has 16 heteroatoms. The Kier molecular flexibility index (Phi) is 6.90. The van der Waals surface area contributed by atoms with Gasteiger partial charge in [0, 0.05) is 23.3 Å². The van der Waals surface area contributed by atoms with Crippen molar-refractivity contribution in [2.45, 2.75) is 0 Å². The first kappa shape index (κ1) is 24.8. The fraction of sp³-hybridized carbons (Fsp3) is 0. The van der Waals surface area contributed by atoms with Gasteiger partial charge in [-0.2, -0.15) is 0 Å². The third kappa shape index (κ3) is 5.39. The molecule has 0 radical (unpaired) electrons. The number of benzene rings is 3. The van der Waals surface area contributed by atoms with Gasteiger partial charge in [-0.15, -0.1) is 0 Å². The largest absolute Gasteiger partial charge is 0.316 e. The molecule has 182 valence electrons. The first-order valence-electron chi connectivity index (χ1n) is 9.56. The summed E-state index contributed by atoms with van der Waals surface area (Å²) >= 11 is 0. The van der Waals surface area contributed by atoms with Crippen molar-refractivity contribution in [3.05, 3.63) is 112 Å². The summed E-state index contributed by atoms with van der Waals surface area (Å²) in [5.74, 6) is -1.63. The van der Waals surface area contributed by atoms with Crippen LogP contribution in [0, 0.1) is 40.5 Å². The number of nitrogens with one attached hydrogen (secondary N) is 2. The Morgan fingerprint density at radius 2 is 0.861 bits per heavy atom. The molecule has 0 bridgehead atoms. The summed E-state index contributed by atoms with van der Waals surface area (Å²) in [7, 11) is 0. The lowest BCUT2D eigenvalue weighted by Gasteiger charge is -2.08. The normalized spacial score (nSPS) is 10.2. The zero-order chi connectivity index (χ0) is 26.6. The van der Waals surface area contributed by atoms with Gasteiger partial charge >= 0.3 is 0 Å². The second-order valence-corrected chi connectivity index (χ2v) is 6.92. The number of anilines is 2. The number of nitro benzene ring substituents is 4. The van der Waals surface area contributed by atoms with Crippen LogP contribution in [0.4, 0.5) is 34.1 Å². The smallest absolute Gasteiger partial charge is 0.299 e. The highest BCUT2D eigenvalue weighted by Gasteiger charge is 2.23. The van der Waals surface area contributed by atoms with Crippen molar-refractivity contribution >= 4 is 45.9 Å². The van der Waals surface area contributed by atoms with E-state index in [0.717, 1.165) is 24.3 Å². The average molecular weight is 496 g/mol. The maximum atomic E-state index is 12.5. The van der Waals surface area contributed by atoms with E-state index in [1.54, 1.807) is 0 Å². The molecule has 0 saturated carbocycles. The van der Waals surface area contributed by atoms with Crippen LogP contribution in [0.25, 0.3) is 0 Å². The zero-order valence-corrected chi connectivity index (χ0v) is 17.6. The van der Waals surface area contributed by atoms with Crippen molar-refractivity contribution in [1.29, 1.82) is 0 Å². The monoisotopic (exact) mass is 496 g/mol. The van der Waals surface area contributed by atoms with Gasteiger partial charge in [-0.1, -0.05) is 0 Å². The minimum Gasteiger partial charge on any atom is -0.316 e. The van der Waals surface area contributed by atoms with E-state index in [1.165, 1.54) is 24.3 Å². The van der Waals surface area contributed by atoms with Crippen molar-refractivity contribution in [3.8, 4) is 0 Å². The molecular weight excluding hydrogens is 484 g/mol. The fourth-order valence-electron chi connectivity index (χ4n) is 2.94. The Labute approximate surface area is 198 Å². The van der Waals surface area contributed by atoms with Crippen LogP contribution < -0.4 is 10.6 Å². The van der Waals surface area contributed by atoms with Gasteiger partial charge in [-0.05, 0) is 36.4 Å². The SMILES string of the molecule is O=C(Nc1ccc([N+](=O)[O-])cc1[N+](=O)[O-])c1ccc(C(=O)Nc2ccc([N+](=O)[O-])cc2[N+](=O)[O-])cc1. The van der Waals surface area contributed by atoms with Crippen molar-refractivity contribution in [1.82, 2.24) is 0 Å². The maximum absolute atomic E-state index is 12.5. The molecule has 36 heavy (non-hydrogen) atoms. The maximum Gasteiger partial charge on any atom is 0.299 e. The van der Waals surface area contributed by atoms with Crippen LogP contribution in [-0.4, -0.2) is 31.5 Å². The summed E-state index contributed by atoms with van der Waals surface area (Å²) in [6, 6.07) is 10.2. The lowest BCUT2D eigenvalue weighted by Crippen LogP contribution is -2.15. The number of rotatable bonds is 8. The van der Waals surface area contributed by atoms with E-state index in [0.29, 0.717) is 12.1 Å². The number of carbonyl (C=O) groups excluding carboxylic acids is 2. The van der Waals surface area contributed by atoms with Crippen LogP contribution in [0.2, 0.25) is 0 Å². The summed E-state index contributed by atoms with van der Waals surface area (Å²) in [6.07, 6.45) is 0. The number of carbonyl (C=O) groups is 2. The number of nitrogens with zero attached hydrogens (tertiary/aromatic N) is 4. The predicted octanol–water partition coefficient (Wildman–Crippen LogP) is 3.82. The standard InChI is InChI=1S/C20H12N6O10/c27-19(21-15-7-5-13(23(29)30)9-17(15)25(33)34)11-1-2-12(4-3-11)20(28)22-16-8-6-14(24(31)32)10-18(16)26(35)36/h1-10H,(H,21,27)(H,22,28). The van der Waals surface area contributed by atoms with Gasteiger partial charge in [-0.25, -0.2) is 0 Å². The van der Waals surface area contributed by atoms with Gasteiger partial charge in [0.1, 0.15) is 11.4 Å². The minimum absolute atomic E-state index is 0.0273. The van der Waals surface area contributed by atoms with E-state index < -0.39 is 54.3 Å². The molecule has 0 unspecified atom stereocenters. The van der Waals surface area contributed by atoms with E-state index in [2.05, 4.69) is 10.6 Å². The fourth-order valence-corrected chi connectivity index (χ4v) is 2.94. The molecule has 0 atom stereocenters. The van der Waals surface area contributed by atoms with Gasteiger partial charge in [-0.3, -0.25) is 50.0 Å². The molecule has 2 amide bonds. The molecule has 0 spiro atoms. The van der Waals surface area contributed by atoms with Crippen LogP contribution in [0.15, 0.2) is 60.7 Å². The van der Waals surface area contributed by atoms with Gasteiger partial charge in [0.15, 0.2) is 0 Å². The highest BCUT2D eigenvalue weighted by atomic mass is 16.6. The number of hydrogen-bond acceptors (Lipinski definition) is 10. The van der Waals surface area contributed by atoms with E-state index in [4.69, 9.17) is 0 Å². The Morgan fingerprint density at radius 1 is 0.528 bits per heavy atom. The Hall–Kier alpha value is -5.80. The second-order valence-electron chi connectivity index (χ2n) is 6.92. The van der Waals surface area contributed by atoms with E-state index in [-0.39, 0.29) is 22.5 Å². The van der Waals surface area contributed by atoms with Gasteiger partial charge < -0.3 is 10.6 Å². The molecular formula is C20H12N6O10. The van der Waals surface area contributed by atoms with Crippen LogP contribution in [0.5, 0.6) is 0 Å². The summed E-state index contributed by atoms with van der Waals surface area (Å²) in [6.45, 7) is 0. The summed E-state index contributed by atoms with van der Waals surface area (Å²) in [4.78, 5) is 65.6. The molecule has 3 rings (SSSR count). The Bertz CT molecular complexity index is 1330. The molecule has 0 heterocycles. The molecule has 3 aromatic carbocycles. The van der Waals surface area contributed by atoms with Crippen LogP contribution in [0.3, 0.4) is 0 Å². The predicted molar refractivity (Wildman–Crippen MR) is 122 cm³/mol. The van der Waals surface area contributed by atoms with E-state index in [9.17, 15) is 50.0 Å². The van der Waals surface area contributed by atoms with Crippen molar-refractivity contribution in [2.24, 2.45) is 0 Å². The molecule has 0 aromatic heterocycles. The first-order chi connectivity index (χ1) is 17.0. The Balaban J connectivity index is 1.78. The van der Waals surface area contributed by atoms with E-state index in [1.807, 2.05) is 0 Å². The molecule has 0 aliphatic heterocycles. The zero-order valence-electron chi connectivity index (χ0n) is 17.6. The molecule has 16 nitrogen and oxygen atoms in total. The molecule has 3 aromatic rings. The lowest BCUT2D eigenvalue weighted by molar-refractivity contribution is -0.393. The second kappa shape index (κ2) is 10.00. The molecule has 0 saturated heterocycles. The highest BCUT2D eigenvalue weighted by Crippen LogP contribution is 2.30. The van der Waals surface area contributed by atoms with Gasteiger partial charge in [0.25, 0.3) is 34.6 Å². The number of hydrogen-bond donors (Lipinski definition) is 2. The molecule has 0 aliphatic carbocycles. The average Bonchev–Trinajstić information content (AvgIpc) is 2.83. The van der Waals surface area contributed by atoms with Crippen molar-refractivity contribution < 1.29 is 29.3 Å². The topological polar surface area (TPSA) is 231 Å². The van der Waals surface area contributed by atoms with Crippen LogP contribution in [0.1, 0.15) is 20.7 Å². The molecule has 0 fully saturated rings. The highest BCUT2D eigenvalue weighted by molar-refractivity contribution is 6.08. The number of nitro groups is 4. The lowest BCUT2D eigenvalue weighted by atomic mass is 10.1. The number of amides is 2. The van der Waals surface area contributed by atoms with Crippen molar-refractivity contribution in [2.75, 3.05) is 10.6 Å². The minimum atomic E-state index is -0.895. The quantitative estimate of drug-likeness (QED) is 0.338. The third-order valence-corrected chi connectivity index (χ3v) is 4.68. The van der Waals surface area contributed by atoms with Crippen LogP contribution in [-0.2, 0) is 0 Å². The van der Waals surface area contributed by atoms with Crippen molar-refractivity contribution in [3.63, 3.8) is 0 Å². The van der Waals surface area contributed by atoms with Gasteiger partial charge in [0.2, 0.25) is 0 Å². The number of non-ortho nitro benzene ring substituents is 2. The first-order valence-corrected chi connectivity index (χ1v) is 9.56. The Morgan fingerprint density at radius 3 is 1.14 bits per heavy atom. The van der Waals surface area contributed by atoms with Gasteiger partial charge in [0.05, 0.1) is 31.8 Å².